The molecule has 22 heavy (non-hydrogen) atoms. The molecule has 2 N–H and O–H groups in total. The molecular formula is C15H14Cl2F3NO. The number of hydrogen-bond donors (Lipinski definition) is 2. The van der Waals surface area contributed by atoms with E-state index in [1.54, 1.807) is 12.1 Å². The number of nitrogens with one attached hydrogen (secondary N) is 1. The number of hydrogen-bond acceptors (Lipinski definition) is 2. The van der Waals surface area contributed by atoms with Crippen LogP contribution in [-0.2, 0) is 19.3 Å². The smallest absolute Gasteiger partial charge is 0.416 e. The molecule has 0 saturated carbocycles. The van der Waals surface area contributed by atoms with Crippen molar-refractivity contribution >= 4 is 24.0 Å². The van der Waals surface area contributed by atoms with Gasteiger partial charge in [0.1, 0.15) is 5.75 Å². The van der Waals surface area contributed by atoms with Crippen LogP contribution >= 0.6 is 24.0 Å². The topological polar surface area (TPSA) is 32.3 Å². The quantitative estimate of drug-likeness (QED) is 0.830. The van der Waals surface area contributed by atoms with E-state index in [9.17, 15) is 18.3 Å². The highest BCUT2D eigenvalue weighted by Gasteiger charge is 2.29. The number of rotatable bonds is 4. The van der Waals surface area contributed by atoms with Crippen LogP contribution in [0.2, 0.25) is 5.02 Å². The molecule has 0 fully saturated rings. The molecule has 0 amide bonds. The van der Waals surface area contributed by atoms with E-state index < -0.39 is 11.7 Å². The molecule has 2 aromatic rings. The SMILES string of the molecule is Cl.Oc1ccc(Cl)cc1CNCc1ccc(C(F)(F)F)cc1. The van der Waals surface area contributed by atoms with Crippen LogP contribution in [0.1, 0.15) is 16.7 Å². The summed E-state index contributed by atoms with van der Waals surface area (Å²) in [5, 5.41) is 13.2. The minimum absolute atomic E-state index is 0. The Labute approximate surface area is 137 Å². The van der Waals surface area contributed by atoms with Crippen LogP contribution in [-0.4, -0.2) is 5.11 Å². The molecule has 0 heterocycles. The zero-order valence-corrected chi connectivity index (χ0v) is 12.9. The molecule has 0 radical (unpaired) electrons. The molecule has 0 spiro atoms. The molecule has 0 aliphatic rings. The lowest BCUT2D eigenvalue weighted by molar-refractivity contribution is -0.137. The van der Waals surface area contributed by atoms with Crippen molar-refractivity contribution in [2.45, 2.75) is 19.3 Å². The molecular weight excluding hydrogens is 338 g/mol. The molecule has 0 aliphatic carbocycles. The van der Waals surface area contributed by atoms with Crippen LogP contribution in [0.5, 0.6) is 5.75 Å². The van der Waals surface area contributed by atoms with E-state index >= 15 is 0 Å². The van der Waals surface area contributed by atoms with Gasteiger partial charge >= 0.3 is 6.18 Å². The van der Waals surface area contributed by atoms with Gasteiger partial charge < -0.3 is 10.4 Å². The standard InChI is InChI=1S/C15H13ClF3NO.ClH/c16-13-5-6-14(21)11(7-13)9-20-8-10-1-3-12(4-2-10)15(17,18)19;/h1-7,20-21H,8-9H2;1H. The second-order valence-electron chi connectivity index (χ2n) is 4.57. The van der Waals surface area contributed by atoms with Crippen LogP contribution in [0.3, 0.4) is 0 Å². The molecule has 7 heteroatoms. The van der Waals surface area contributed by atoms with Gasteiger partial charge in [0.15, 0.2) is 0 Å². The summed E-state index contributed by atoms with van der Waals surface area (Å²) in [5.41, 5.74) is 0.692. The predicted octanol–water partition coefficient (Wildman–Crippen LogP) is 4.78. The molecule has 2 rings (SSSR count). The normalized spacial score (nSPS) is 11.1. The van der Waals surface area contributed by atoms with Gasteiger partial charge in [-0.3, -0.25) is 0 Å². The fraction of sp³-hybridized carbons (Fsp3) is 0.200. The molecule has 0 unspecified atom stereocenters. The van der Waals surface area contributed by atoms with Gasteiger partial charge in [-0.15, -0.1) is 12.4 Å². The summed E-state index contributed by atoms with van der Waals surface area (Å²) in [5.74, 6) is 0.124. The number of aromatic hydroxyl groups is 1. The van der Waals surface area contributed by atoms with E-state index in [0.717, 1.165) is 17.7 Å². The zero-order valence-electron chi connectivity index (χ0n) is 11.3. The average molecular weight is 352 g/mol. The monoisotopic (exact) mass is 351 g/mol. The number of halogens is 5. The molecule has 2 nitrogen and oxygen atoms in total. The van der Waals surface area contributed by atoms with Crippen molar-refractivity contribution in [1.29, 1.82) is 0 Å². The summed E-state index contributed by atoms with van der Waals surface area (Å²) in [7, 11) is 0. The van der Waals surface area contributed by atoms with Gasteiger partial charge in [0, 0.05) is 23.7 Å². The maximum atomic E-state index is 12.4. The summed E-state index contributed by atoms with van der Waals surface area (Å²) < 4.78 is 37.3. The third-order valence-corrected chi connectivity index (χ3v) is 3.20. The van der Waals surface area contributed by atoms with Crippen LogP contribution in [0.25, 0.3) is 0 Å². The molecule has 0 aliphatic heterocycles. The second-order valence-corrected chi connectivity index (χ2v) is 5.01. The molecule has 0 saturated heterocycles. The van der Waals surface area contributed by atoms with E-state index in [1.807, 2.05) is 0 Å². The van der Waals surface area contributed by atoms with Crippen LogP contribution < -0.4 is 5.32 Å². The van der Waals surface area contributed by atoms with Gasteiger partial charge in [-0.2, -0.15) is 13.2 Å². The fourth-order valence-corrected chi connectivity index (χ4v) is 2.04. The Hall–Kier alpha value is -1.43. The van der Waals surface area contributed by atoms with Crippen molar-refractivity contribution in [2.75, 3.05) is 0 Å². The highest BCUT2D eigenvalue weighted by atomic mass is 35.5. The van der Waals surface area contributed by atoms with Crippen molar-refractivity contribution in [1.82, 2.24) is 5.32 Å². The second kappa shape index (κ2) is 7.72. The Morgan fingerprint density at radius 3 is 2.23 bits per heavy atom. The first-order chi connectivity index (χ1) is 9.86. The zero-order chi connectivity index (χ0) is 15.5. The minimum Gasteiger partial charge on any atom is -0.508 e. The summed E-state index contributed by atoms with van der Waals surface area (Å²) >= 11 is 5.83. The summed E-state index contributed by atoms with van der Waals surface area (Å²) in [6.07, 6.45) is -4.32. The van der Waals surface area contributed by atoms with Crippen LogP contribution in [0, 0.1) is 0 Å². The number of benzene rings is 2. The van der Waals surface area contributed by atoms with Crippen LogP contribution in [0.15, 0.2) is 42.5 Å². The van der Waals surface area contributed by atoms with E-state index in [-0.39, 0.29) is 18.2 Å². The minimum atomic E-state index is -4.32. The molecule has 2 aromatic carbocycles. The van der Waals surface area contributed by atoms with Gasteiger partial charge in [0.25, 0.3) is 0 Å². The van der Waals surface area contributed by atoms with Crippen molar-refractivity contribution in [3.63, 3.8) is 0 Å². The first-order valence-electron chi connectivity index (χ1n) is 6.20. The predicted molar refractivity (Wildman–Crippen MR) is 82.4 cm³/mol. The highest BCUT2D eigenvalue weighted by molar-refractivity contribution is 6.30. The molecule has 0 bridgehead atoms. The van der Waals surface area contributed by atoms with Crippen LogP contribution in [0.4, 0.5) is 13.2 Å². The lowest BCUT2D eigenvalue weighted by atomic mass is 10.1. The average Bonchev–Trinajstić information content (AvgIpc) is 2.42. The van der Waals surface area contributed by atoms with E-state index in [2.05, 4.69) is 5.32 Å². The summed E-state index contributed by atoms with van der Waals surface area (Å²) in [6, 6.07) is 9.66. The largest absolute Gasteiger partial charge is 0.508 e. The van der Waals surface area contributed by atoms with Gasteiger partial charge in [-0.25, -0.2) is 0 Å². The first kappa shape index (κ1) is 18.6. The summed E-state index contributed by atoms with van der Waals surface area (Å²) in [6.45, 7) is 0.761. The first-order valence-corrected chi connectivity index (χ1v) is 6.58. The Kier molecular flexibility index (Phi) is 6.53. The highest BCUT2D eigenvalue weighted by Crippen LogP contribution is 2.29. The van der Waals surface area contributed by atoms with Crippen molar-refractivity contribution in [3.8, 4) is 5.75 Å². The Morgan fingerprint density at radius 1 is 1.00 bits per heavy atom. The lowest BCUT2D eigenvalue weighted by Crippen LogP contribution is -2.13. The maximum absolute atomic E-state index is 12.4. The third-order valence-electron chi connectivity index (χ3n) is 2.97. The summed E-state index contributed by atoms with van der Waals surface area (Å²) in [4.78, 5) is 0. The number of phenols is 1. The fourth-order valence-electron chi connectivity index (χ4n) is 1.85. The molecule has 0 atom stereocenters. The Bertz CT molecular complexity index is 615. The van der Waals surface area contributed by atoms with Crippen molar-refractivity contribution in [2.24, 2.45) is 0 Å². The lowest BCUT2D eigenvalue weighted by Gasteiger charge is -2.09. The van der Waals surface area contributed by atoms with E-state index in [0.29, 0.717) is 23.7 Å². The van der Waals surface area contributed by atoms with Gasteiger partial charge in [0.2, 0.25) is 0 Å². The van der Waals surface area contributed by atoms with Gasteiger partial charge in [0.05, 0.1) is 5.56 Å². The van der Waals surface area contributed by atoms with E-state index in [4.69, 9.17) is 11.6 Å². The number of alkyl halides is 3. The van der Waals surface area contributed by atoms with Gasteiger partial charge in [-0.1, -0.05) is 23.7 Å². The van der Waals surface area contributed by atoms with Crippen molar-refractivity contribution < 1.29 is 18.3 Å². The maximum Gasteiger partial charge on any atom is 0.416 e. The number of phenolic OH excluding ortho intramolecular Hbond substituents is 1. The van der Waals surface area contributed by atoms with E-state index in [1.165, 1.54) is 18.2 Å². The van der Waals surface area contributed by atoms with Gasteiger partial charge in [-0.05, 0) is 35.9 Å². The third kappa shape index (κ3) is 5.09. The Morgan fingerprint density at radius 2 is 1.64 bits per heavy atom. The molecule has 0 aromatic heterocycles. The Balaban J connectivity index is 0.00000242. The molecule has 120 valence electrons. The van der Waals surface area contributed by atoms with Crippen molar-refractivity contribution in [3.05, 3.63) is 64.2 Å².